The van der Waals surface area contributed by atoms with Crippen LogP contribution in [0.2, 0.25) is 0 Å². The summed E-state index contributed by atoms with van der Waals surface area (Å²) in [4.78, 5) is 4.62. The summed E-state index contributed by atoms with van der Waals surface area (Å²) in [5.74, 6) is 2.15. The van der Waals surface area contributed by atoms with Gasteiger partial charge in [0.15, 0.2) is 11.8 Å². The van der Waals surface area contributed by atoms with E-state index in [0.29, 0.717) is 18.1 Å². The summed E-state index contributed by atoms with van der Waals surface area (Å²) in [6.07, 6.45) is 2.15. The highest BCUT2D eigenvalue weighted by atomic mass is 19.1. The standard InChI is InChI=1S/C19H29FN6/c1-6-7-10-21-19(22-12-18-25-24-15(4)26(18)5)23-14(3)16-9-8-13(2)17(20)11-16/h8-9,11,14H,6-7,10,12H2,1-5H3,(H2,21,22,23). The van der Waals surface area contributed by atoms with Crippen molar-refractivity contribution in [2.75, 3.05) is 6.54 Å². The number of guanidine groups is 1. The molecular weight excluding hydrogens is 331 g/mol. The second-order valence-corrected chi connectivity index (χ2v) is 6.54. The van der Waals surface area contributed by atoms with Gasteiger partial charge in [-0.25, -0.2) is 9.38 Å². The first-order valence-corrected chi connectivity index (χ1v) is 9.08. The molecule has 0 aliphatic carbocycles. The van der Waals surface area contributed by atoms with Crippen LogP contribution in [0.5, 0.6) is 0 Å². The number of aliphatic imine (C=N–C) groups is 1. The zero-order chi connectivity index (χ0) is 19.1. The maximum Gasteiger partial charge on any atom is 0.192 e. The molecule has 0 saturated heterocycles. The van der Waals surface area contributed by atoms with Gasteiger partial charge in [-0.15, -0.1) is 10.2 Å². The maximum absolute atomic E-state index is 13.8. The van der Waals surface area contributed by atoms with Crippen LogP contribution in [0.15, 0.2) is 23.2 Å². The molecule has 1 unspecified atom stereocenters. The monoisotopic (exact) mass is 360 g/mol. The average molecular weight is 360 g/mol. The summed E-state index contributed by atoms with van der Waals surface area (Å²) < 4.78 is 15.8. The van der Waals surface area contributed by atoms with E-state index >= 15 is 0 Å². The first-order chi connectivity index (χ1) is 12.4. The topological polar surface area (TPSA) is 67.1 Å². The fourth-order valence-electron chi connectivity index (χ4n) is 2.44. The lowest BCUT2D eigenvalue weighted by Crippen LogP contribution is -2.39. The maximum atomic E-state index is 13.8. The van der Waals surface area contributed by atoms with E-state index in [-0.39, 0.29) is 11.9 Å². The molecule has 0 spiro atoms. The van der Waals surface area contributed by atoms with Gasteiger partial charge >= 0.3 is 0 Å². The molecule has 7 heteroatoms. The Hall–Kier alpha value is -2.44. The molecule has 1 heterocycles. The third kappa shape index (κ3) is 5.28. The van der Waals surface area contributed by atoms with E-state index in [1.807, 2.05) is 31.5 Å². The van der Waals surface area contributed by atoms with E-state index in [1.54, 1.807) is 19.1 Å². The van der Waals surface area contributed by atoms with Gasteiger partial charge < -0.3 is 15.2 Å². The molecule has 2 N–H and O–H groups in total. The summed E-state index contributed by atoms with van der Waals surface area (Å²) >= 11 is 0. The lowest BCUT2D eigenvalue weighted by molar-refractivity contribution is 0.606. The van der Waals surface area contributed by atoms with Crippen LogP contribution in [0.4, 0.5) is 4.39 Å². The number of benzene rings is 1. The van der Waals surface area contributed by atoms with Crippen molar-refractivity contribution in [3.8, 4) is 0 Å². The first kappa shape index (κ1) is 19.9. The number of rotatable bonds is 7. The molecule has 0 radical (unpaired) electrons. The highest BCUT2D eigenvalue weighted by molar-refractivity contribution is 5.80. The number of aromatic nitrogens is 3. The van der Waals surface area contributed by atoms with Crippen molar-refractivity contribution in [3.05, 3.63) is 46.8 Å². The summed E-state index contributed by atoms with van der Waals surface area (Å²) in [5.41, 5.74) is 1.53. The molecule has 0 bridgehead atoms. The molecular formula is C19H29FN6. The van der Waals surface area contributed by atoms with Crippen molar-refractivity contribution in [2.45, 2.75) is 53.1 Å². The normalized spacial score (nSPS) is 12.9. The quantitative estimate of drug-likeness (QED) is 0.452. The Morgan fingerprint density at radius 1 is 1.31 bits per heavy atom. The minimum atomic E-state index is -0.192. The van der Waals surface area contributed by atoms with Crippen molar-refractivity contribution in [1.82, 2.24) is 25.4 Å². The highest BCUT2D eigenvalue weighted by Crippen LogP contribution is 2.16. The smallest absolute Gasteiger partial charge is 0.192 e. The minimum Gasteiger partial charge on any atom is -0.356 e. The van der Waals surface area contributed by atoms with Crippen molar-refractivity contribution in [1.29, 1.82) is 0 Å². The highest BCUT2D eigenvalue weighted by Gasteiger charge is 2.11. The second kappa shape index (κ2) is 9.31. The van der Waals surface area contributed by atoms with E-state index in [1.165, 1.54) is 0 Å². The summed E-state index contributed by atoms with van der Waals surface area (Å²) in [6.45, 7) is 9.06. The molecule has 2 rings (SSSR count). The Kier molecular flexibility index (Phi) is 7.12. The Bertz CT molecular complexity index is 752. The summed E-state index contributed by atoms with van der Waals surface area (Å²) in [6, 6.07) is 5.24. The SMILES string of the molecule is CCCCNC(=NCc1nnc(C)n1C)NC(C)c1ccc(C)c(F)c1. The molecule has 142 valence electrons. The molecule has 2 aromatic rings. The second-order valence-electron chi connectivity index (χ2n) is 6.54. The van der Waals surface area contributed by atoms with Gasteiger partial charge in [-0.1, -0.05) is 25.5 Å². The molecule has 0 amide bonds. The van der Waals surface area contributed by atoms with Crippen LogP contribution in [-0.4, -0.2) is 27.3 Å². The molecule has 0 aliphatic heterocycles. The van der Waals surface area contributed by atoms with Gasteiger partial charge in [-0.2, -0.15) is 0 Å². The number of nitrogens with one attached hydrogen (secondary N) is 2. The van der Waals surface area contributed by atoms with Gasteiger partial charge in [0.1, 0.15) is 18.2 Å². The van der Waals surface area contributed by atoms with Crippen molar-refractivity contribution >= 4 is 5.96 Å². The molecule has 1 aromatic heterocycles. The lowest BCUT2D eigenvalue weighted by atomic mass is 10.1. The van der Waals surface area contributed by atoms with Crippen molar-refractivity contribution in [3.63, 3.8) is 0 Å². The number of nitrogens with zero attached hydrogens (tertiary/aromatic N) is 4. The number of unbranched alkanes of at least 4 members (excludes halogenated alkanes) is 1. The zero-order valence-electron chi connectivity index (χ0n) is 16.3. The third-order valence-electron chi connectivity index (χ3n) is 4.43. The zero-order valence-corrected chi connectivity index (χ0v) is 16.3. The largest absolute Gasteiger partial charge is 0.356 e. The van der Waals surface area contributed by atoms with Crippen LogP contribution in [-0.2, 0) is 13.6 Å². The van der Waals surface area contributed by atoms with Crippen LogP contribution in [0.1, 0.15) is 55.5 Å². The van der Waals surface area contributed by atoms with E-state index in [4.69, 9.17) is 0 Å². The number of hydrogen-bond donors (Lipinski definition) is 2. The van der Waals surface area contributed by atoms with E-state index < -0.39 is 0 Å². The number of halogens is 1. The Labute approximate surface area is 154 Å². The molecule has 0 fully saturated rings. The molecule has 0 saturated carbocycles. The molecule has 26 heavy (non-hydrogen) atoms. The van der Waals surface area contributed by atoms with Gasteiger partial charge in [0, 0.05) is 13.6 Å². The molecule has 0 aliphatic rings. The summed E-state index contributed by atoms with van der Waals surface area (Å²) in [7, 11) is 1.93. The van der Waals surface area contributed by atoms with Gasteiger partial charge in [0.25, 0.3) is 0 Å². The van der Waals surface area contributed by atoms with Crippen LogP contribution in [0, 0.1) is 19.7 Å². The lowest BCUT2D eigenvalue weighted by Gasteiger charge is -2.19. The Morgan fingerprint density at radius 2 is 2.08 bits per heavy atom. The van der Waals surface area contributed by atoms with Crippen LogP contribution in [0.3, 0.4) is 0 Å². The Balaban J connectivity index is 2.10. The predicted octanol–water partition coefficient (Wildman–Crippen LogP) is 3.17. The van der Waals surface area contributed by atoms with Crippen molar-refractivity contribution in [2.24, 2.45) is 12.0 Å². The van der Waals surface area contributed by atoms with Crippen LogP contribution >= 0.6 is 0 Å². The minimum absolute atomic E-state index is 0.0702. The fraction of sp³-hybridized carbons (Fsp3) is 0.526. The first-order valence-electron chi connectivity index (χ1n) is 9.08. The molecule has 1 aromatic carbocycles. The Morgan fingerprint density at radius 3 is 2.69 bits per heavy atom. The van der Waals surface area contributed by atoms with Gasteiger partial charge in [-0.05, 0) is 44.4 Å². The van der Waals surface area contributed by atoms with E-state index in [2.05, 4.69) is 32.7 Å². The van der Waals surface area contributed by atoms with Gasteiger partial charge in [0.2, 0.25) is 0 Å². The molecule has 6 nitrogen and oxygen atoms in total. The molecule has 1 atom stereocenters. The fourth-order valence-corrected chi connectivity index (χ4v) is 2.44. The number of hydrogen-bond acceptors (Lipinski definition) is 3. The van der Waals surface area contributed by atoms with Crippen molar-refractivity contribution < 1.29 is 4.39 Å². The van der Waals surface area contributed by atoms with Crippen LogP contribution < -0.4 is 10.6 Å². The number of aryl methyl sites for hydroxylation is 2. The van der Waals surface area contributed by atoms with Gasteiger partial charge in [-0.3, -0.25) is 0 Å². The summed E-state index contributed by atoms with van der Waals surface area (Å²) in [5, 5.41) is 14.9. The van der Waals surface area contributed by atoms with Crippen LogP contribution in [0.25, 0.3) is 0 Å². The average Bonchev–Trinajstić information content (AvgIpc) is 2.93. The van der Waals surface area contributed by atoms with E-state index in [0.717, 1.165) is 36.6 Å². The van der Waals surface area contributed by atoms with Gasteiger partial charge in [0.05, 0.1) is 6.04 Å². The predicted molar refractivity (Wildman–Crippen MR) is 102 cm³/mol. The van der Waals surface area contributed by atoms with E-state index in [9.17, 15) is 4.39 Å². The third-order valence-corrected chi connectivity index (χ3v) is 4.43.